The van der Waals surface area contributed by atoms with E-state index in [9.17, 15) is 9.59 Å². The minimum Gasteiger partial charge on any atom is -0.493 e. The van der Waals surface area contributed by atoms with Gasteiger partial charge in [-0.2, -0.15) is 0 Å². The van der Waals surface area contributed by atoms with Crippen LogP contribution in [0.15, 0.2) is 98.2 Å². The van der Waals surface area contributed by atoms with Gasteiger partial charge in [0.25, 0.3) is 5.91 Å². The Morgan fingerprint density at radius 1 is 1.00 bits per heavy atom. The van der Waals surface area contributed by atoms with Gasteiger partial charge in [-0.1, -0.05) is 49.4 Å². The van der Waals surface area contributed by atoms with Crippen LogP contribution in [0.1, 0.15) is 29.3 Å². The number of hydrogen-bond donors (Lipinski definition) is 3. The predicted octanol–water partition coefficient (Wildman–Crippen LogP) is 7.32. The molecule has 0 atom stereocenters. The van der Waals surface area contributed by atoms with Crippen molar-refractivity contribution in [3.8, 4) is 17.0 Å². The van der Waals surface area contributed by atoms with Crippen molar-refractivity contribution >= 4 is 46.4 Å². The summed E-state index contributed by atoms with van der Waals surface area (Å²) in [6.07, 6.45) is 5.26. The van der Waals surface area contributed by atoms with E-state index in [-0.39, 0.29) is 11.8 Å². The second-order valence-electron chi connectivity index (χ2n) is 9.95. The molecule has 4 aromatic rings. The van der Waals surface area contributed by atoms with Crippen molar-refractivity contribution in [2.75, 3.05) is 36.1 Å². The predicted molar refractivity (Wildman–Crippen MR) is 178 cm³/mol. The molecule has 0 aliphatic carbocycles. The highest BCUT2D eigenvalue weighted by Gasteiger charge is 2.13. The Labute approximate surface area is 262 Å². The van der Waals surface area contributed by atoms with Gasteiger partial charge in [0.05, 0.1) is 23.5 Å². The van der Waals surface area contributed by atoms with Gasteiger partial charge in [-0.15, -0.1) is 6.58 Å². The van der Waals surface area contributed by atoms with Gasteiger partial charge in [0.2, 0.25) is 11.9 Å². The number of rotatable bonds is 14. The lowest BCUT2D eigenvalue weighted by molar-refractivity contribution is -0.111. The van der Waals surface area contributed by atoms with Gasteiger partial charge < -0.3 is 25.6 Å². The van der Waals surface area contributed by atoms with Crippen molar-refractivity contribution in [2.45, 2.75) is 19.9 Å². The van der Waals surface area contributed by atoms with Crippen LogP contribution in [0.5, 0.6) is 5.75 Å². The Morgan fingerprint density at radius 3 is 2.57 bits per heavy atom. The topological polar surface area (TPSA) is 108 Å². The van der Waals surface area contributed by atoms with E-state index in [2.05, 4.69) is 45.9 Å². The Bertz CT molecular complexity index is 1660. The van der Waals surface area contributed by atoms with Crippen molar-refractivity contribution in [1.29, 1.82) is 0 Å². The quantitative estimate of drug-likeness (QED) is 0.0779. The SMILES string of the molecule is C=CCCOc1cccc(-c2nc(Nc3cc(CN(C)CC)cc(NC(=O)c4cccc(NC(=O)C=C)c4)c3)ncc2Cl)c1. The molecule has 10 heteroatoms. The van der Waals surface area contributed by atoms with E-state index in [1.807, 2.05) is 49.5 Å². The van der Waals surface area contributed by atoms with Crippen molar-refractivity contribution in [1.82, 2.24) is 14.9 Å². The van der Waals surface area contributed by atoms with E-state index in [0.717, 1.165) is 24.1 Å². The number of benzene rings is 3. The maximum Gasteiger partial charge on any atom is 0.255 e. The van der Waals surface area contributed by atoms with E-state index in [1.54, 1.807) is 36.5 Å². The summed E-state index contributed by atoms with van der Waals surface area (Å²) in [5.74, 6) is 0.358. The first-order valence-electron chi connectivity index (χ1n) is 14.1. The number of carbonyl (C=O) groups excluding carboxylic acids is 2. The third-order valence-corrected chi connectivity index (χ3v) is 6.80. The zero-order valence-corrected chi connectivity index (χ0v) is 25.5. The lowest BCUT2D eigenvalue weighted by Crippen LogP contribution is -2.17. The highest BCUT2D eigenvalue weighted by atomic mass is 35.5. The molecule has 0 unspecified atom stereocenters. The van der Waals surface area contributed by atoms with Gasteiger partial charge in [-0.3, -0.25) is 9.59 Å². The molecule has 3 aromatic carbocycles. The molecular formula is C34H35ClN6O3. The number of nitrogens with zero attached hydrogens (tertiary/aromatic N) is 3. The van der Waals surface area contributed by atoms with Crippen LogP contribution in [0, 0.1) is 0 Å². The summed E-state index contributed by atoms with van der Waals surface area (Å²) in [4.78, 5) is 36.1. The molecule has 44 heavy (non-hydrogen) atoms. The lowest BCUT2D eigenvalue weighted by Gasteiger charge is -2.17. The molecule has 2 amide bonds. The van der Waals surface area contributed by atoms with Gasteiger partial charge in [-0.25, -0.2) is 9.97 Å². The van der Waals surface area contributed by atoms with Crippen LogP contribution in [-0.2, 0) is 11.3 Å². The van der Waals surface area contributed by atoms with Crippen LogP contribution in [-0.4, -0.2) is 46.9 Å². The smallest absolute Gasteiger partial charge is 0.255 e. The van der Waals surface area contributed by atoms with Crippen LogP contribution in [0.4, 0.5) is 23.0 Å². The van der Waals surface area contributed by atoms with Gasteiger partial charge in [-0.05, 0) is 80.2 Å². The van der Waals surface area contributed by atoms with Crippen LogP contribution in [0.2, 0.25) is 5.02 Å². The summed E-state index contributed by atoms with van der Waals surface area (Å²) in [7, 11) is 2.02. The molecule has 9 nitrogen and oxygen atoms in total. The summed E-state index contributed by atoms with van der Waals surface area (Å²) < 4.78 is 5.80. The van der Waals surface area contributed by atoms with Crippen LogP contribution in [0.25, 0.3) is 11.3 Å². The average molecular weight is 611 g/mol. The molecule has 0 aliphatic rings. The lowest BCUT2D eigenvalue weighted by atomic mass is 10.1. The first-order valence-corrected chi connectivity index (χ1v) is 14.5. The Morgan fingerprint density at radius 2 is 1.80 bits per heavy atom. The number of amides is 2. The molecule has 0 saturated carbocycles. The van der Waals surface area contributed by atoms with Gasteiger partial charge in [0.1, 0.15) is 5.75 Å². The molecule has 1 aromatic heterocycles. The molecule has 0 fully saturated rings. The minimum atomic E-state index is -0.358. The summed E-state index contributed by atoms with van der Waals surface area (Å²) in [6.45, 7) is 11.3. The van der Waals surface area contributed by atoms with Gasteiger partial charge in [0, 0.05) is 34.7 Å². The average Bonchev–Trinajstić information content (AvgIpc) is 3.02. The molecule has 0 bridgehead atoms. The van der Waals surface area contributed by atoms with Crippen LogP contribution >= 0.6 is 11.6 Å². The number of anilines is 4. The molecule has 0 saturated heterocycles. The van der Waals surface area contributed by atoms with E-state index in [4.69, 9.17) is 21.3 Å². The van der Waals surface area contributed by atoms with Gasteiger partial charge >= 0.3 is 0 Å². The third-order valence-electron chi connectivity index (χ3n) is 6.52. The number of aromatic nitrogens is 2. The Kier molecular flexibility index (Phi) is 11.2. The number of carbonyl (C=O) groups is 2. The number of hydrogen-bond acceptors (Lipinski definition) is 7. The minimum absolute atomic E-state index is 0.327. The summed E-state index contributed by atoms with van der Waals surface area (Å²) in [6, 6.07) is 20.0. The number of halogens is 1. The first kappa shape index (κ1) is 31.9. The van der Waals surface area contributed by atoms with Crippen LogP contribution in [0.3, 0.4) is 0 Å². The Hall–Kier alpha value is -4.99. The Balaban J connectivity index is 1.60. The molecule has 1 heterocycles. The summed E-state index contributed by atoms with van der Waals surface area (Å²) in [5.41, 5.74) is 4.46. The van der Waals surface area contributed by atoms with Crippen molar-refractivity contribution in [2.24, 2.45) is 0 Å². The second-order valence-corrected chi connectivity index (χ2v) is 10.4. The van der Waals surface area contributed by atoms with Crippen molar-refractivity contribution in [3.05, 3.63) is 114 Å². The normalized spacial score (nSPS) is 10.6. The van der Waals surface area contributed by atoms with E-state index in [0.29, 0.717) is 58.2 Å². The maximum atomic E-state index is 13.2. The molecule has 0 radical (unpaired) electrons. The number of nitrogens with one attached hydrogen (secondary N) is 3. The maximum absolute atomic E-state index is 13.2. The van der Waals surface area contributed by atoms with E-state index in [1.165, 1.54) is 6.08 Å². The summed E-state index contributed by atoms with van der Waals surface area (Å²) >= 11 is 6.51. The molecular weight excluding hydrogens is 576 g/mol. The monoisotopic (exact) mass is 610 g/mol. The summed E-state index contributed by atoms with van der Waals surface area (Å²) in [5, 5.41) is 9.31. The highest BCUT2D eigenvalue weighted by Crippen LogP contribution is 2.30. The second kappa shape index (κ2) is 15.5. The fraction of sp³-hybridized carbons (Fsp3) is 0.176. The molecule has 4 rings (SSSR count). The third kappa shape index (κ3) is 9.00. The van der Waals surface area contributed by atoms with Crippen molar-refractivity contribution < 1.29 is 14.3 Å². The van der Waals surface area contributed by atoms with Crippen LogP contribution < -0.4 is 20.7 Å². The fourth-order valence-electron chi connectivity index (χ4n) is 4.24. The van der Waals surface area contributed by atoms with Gasteiger partial charge in [0.15, 0.2) is 0 Å². The standard InChI is InChI=1S/C34H35ClN6O3/c1-5-8-15-44-29-14-10-11-24(19-29)32-30(35)21-36-34(40-32)39-28-17-23(22-41(4)7-3)16-27(20-28)38-33(43)25-12-9-13-26(18-25)37-31(42)6-2/h5-6,9-14,16-21H,1-2,7-8,15,22H2,3-4H3,(H,37,42)(H,38,43)(H,36,39,40). The zero-order chi connectivity index (χ0) is 31.5. The first-order chi connectivity index (χ1) is 21.3. The largest absolute Gasteiger partial charge is 0.493 e. The molecule has 0 spiro atoms. The molecule has 3 N–H and O–H groups in total. The molecule has 0 aliphatic heterocycles. The molecule has 226 valence electrons. The zero-order valence-electron chi connectivity index (χ0n) is 24.8. The highest BCUT2D eigenvalue weighted by molar-refractivity contribution is 6.32. The van der Waals surface area contributed by atoms with E-state index >= 15 is 0 Å². The fourth-order valence-corrected chi connectivity index (χ4v) is 4.44. The van der Waals surface area contributed by atoms with Crippen molar-refractivity contribution in [3.63, 3.8) is 0 Å². The number of ether oxygens (including phenoxy) is 1. The van der Waals surface area contributed by atoms with E-state index < -0.39 is 0 Å².